The third-order valence-electron chi connectivity index (χ3n) is 5.54. The van der Waals surface area contributed by atoms with E-state index in [0.717, 1.165) is 37.9 Å². The standard InChI is InChI=1S/C25H40O5/c1-7-18(2)20-12-14-21(15-13-20)29-19(3)27-16-17-28-23-11-9-8-10-22(23)24(26)30-25(4,5)6/h12-15,18-19,22-23H,7-11,16-17H2,1-6H3. The molecule has 0 heterocycles. The molecule has 0 N–H and O–H groups in total. The molecule has 4 unspecified atom stereocenters. The van der Waals surface area contributed by atoms with Crippen LogP contribution in [-0.2, 0) is 19.0 Å². The highest BCUT2D eigenvalue weighted by molar-refractivity contribution is 5.73. The summed E-state index contributed by atoms with van der Waals surface area (Å²) in [5.41, 5.74) is 0.848. The van der Waals surface area contributed by atoms with Gasteiger partial charge in [-0.15, -0.1) is 0 Å². The van der Waals surface area contributed by atoms with Gasteiger partial charge in [0, 0.05) is 0 Å². The van der Waals surface area contributed by atoms with Crippen molar-refractivity contribution in [2.24, 2.45) is 5.92 Å². The molecule has 2 rings (SSSR count). The predicted molar refractivity (Wildman–Crippen MR) is 119 cm³/mol. The highest BCUT2D eigenvalue weighted by Gasteiger charge is 2.34. The molecule has 1 aromatic rings. The van der Waals surface area contributed by atoms with E-state index in [1.807, 2.05) is 39.8 Å². The second kappa shape index (κ2) is 11.7. The second-order valence-electron chi connectivity index (χ2n) is 9.27. The Bertz CT molecular complexity index is 634. The number of benzene rings is 1. The first kappa shape index (κ1) is 24.7. The number of hydrogen-bond acceptors (Lipinski definition) is 5. The zero-order chi connectivity index (χ0) is 22.1. The number of carbonyl (C=O) groups is 1. The van der Waals surface area contributed by atoms with E-state index in [9.17, 15) is 4.79 Å². The maximum atomic E-state index is 12.5. The van der Waals surface area contributed by atoms with Crippen molar-refractivity contribution in [1.82, 2.24) is 0 Å². The van der Waals surface area contributed by atoms with E-state index in [4.69, 9.17) is 18.9 Å². The average molecular weight is 421 g/mol. The first-order chi connectivity index (χ1) is 14.2. The second-order valence-corrected chi connectivity index (χ2v) is 9.27. The maximum absolute atomic E-state index is 12.5. The zero-order valence-corrected chi connectivity index (χ0v) is 19.6. The summed E-state index contributed by atoms with van der Waals surface area (Å²) in [6, 6.07) is 8.20. The summed E-state index contributed by atoms with van der Waals surface area (Å²) in [5, 5.41) is 0. The zero-order valence-electron chi connectivity index (χ0n) is 19.6. The maximum Gasteiger partial charge on any atom is 0.312 e. The van der Waals surface area contributed by atoms with Gasteiger partial charge < -0.3 is 18.9 Å². The summed E-state index contributed by atoms with van der Waals surface area (Å²) in [6.45, 7) is 12.8. The van der Waals surface area contributed by atoms with Gasteiger partial charge in [-0.05, 0) is 70.6 Å². The van der Waals surface area contributed by atoms with E-state index in [2.05, 4.69) is 26.0 Å². The number of rotatable bonds is 10. The molecule has 0 bridgehead atoms. The molecule has 0 aliphatic heterocycles. The van der Waals surface area contributed by atoms with Gasteiger partial charge >= 0.3 is 5.97 Å². The van der Waals surface area contributed by atoms with Crippen LogP contribution < -0.4 is 4.74 Å². The number of carbonyl (C=O) groups excluding carboxylic acids is 1. The third-order valence-corrected chi connectivity index (χ3v) is 5.54. The first-order valence-corrected chi connectivity index (χ1v) is 11.4. The van der Waals surface area contributed by atoms with Crippen molar-refractivity contribution in [3.8, 4) is 5.75 Å². The molecule has 0 spiro atoms. The molecule has 0 amide bonds. The summed E-state index contributed by atoms with van der Waals surface area (Å²) in [5.74, 6) is 1.02. The molecule has 1 aromatic carbocycles. The van der Waals surface area contributed by atoms with Crippen molar-refractivity contribution in [2.45, 2.75) is 97.6 Å². The number of esters is 1. The molecule has 4 atom stereocenters. The van der Waals surface area contributed by atoms with Crippen molar-refractivity contribution < 1.29 is 23.7 Å². The van der Waals surface area contributed by atoms with Crippen LogP contribution in [0.2, 0.25) is 0 Å². The molecular formula is C25H40O5. The van der Waals surface area contributed by atoms with Crippen LogP contribution in [0, 0.1) is 5.92 Å². The molecule has 1 aliphatic carbocycles. The topological polar surface area (TPSA) is 54.0 Å². The lowest BCUT2D eigenvalue weighted by atomic mass is 9.86. The van der Waals surface area contributed by atoms with Gasteiger partial charge in [0.15, 0.2) is 6.29 Å². The highest BCUT2D eigenvalue weighted by atomic mass is 16.7. The molecule has 0 aromatic heterocycles. The van der Waals surface area contributed by atoms with Crippen molar-refractivity contribution >= 4 is 5.97 Å². The van der Waals surface area contributed by atoms with Crippen LogP contribution in [0.5, 0.6) is 5.75 Å². The lowest BCUT2D eigenvalue weighted by Crippen LogP contribution is -2.38. The Morgan fingerprint density at radius 3 is 2.37 bits per heavy atom. The molecule has 0 radical (unpaired) electrons. The fraction of sp³-hybridized carbons (Fsp3) is 0.720. The summed E-state index contributed by atoms with van der Waals surface area (Å²) < 4.78 is 23.2. The minimum Gasteiger partial charge on any atom is -0.465 e. The van der Waals surface area contributed by atoms with Crippen molar-refractivity contribution in [3.05, 3.63) is 29.8 Å². The first-order valence-electron chi connectivity index (χ1n) is 11.4. The van der Waals surface area contributed by atoms with Gasteiger partial charge in [-0.25, -0.2) is 0 Å². The van der Waals surface area contributed by atoms with E-state index < -0.39 is 5.60 Å². The minimum absolute atomic E-state index is 0.0958. The van der Waals surface area contributed by atoms with E-state index in [1.54, 1.807) is 0 Å². The molecular weight excluding hydrogens is 380 g/mol. The Balaban J connectivity index is 1.73. The van der Waals surface area contributed by atoms with Gasteiger partial charge in [-0.2, -0.15) is 0 Å². The average Bonchev–Trinajstić information content (AvgIpc) is 2.70. The van der Waals surface area contributed by atoms with Crippen LogP contribution in [0.4, 0.5) is 0 Å². The van der Waals surface area contributed by atoms with Gasteiger partial charge in [0.1, 0.15) is 11.4 Å². The monoisotopic (exact) mass is 420 g/mol. The molecule has 1 fully saturated rings. The summed E-state index contributed by atoms with van der Waals surface area (Å²) in [7, 11) is 0. The Kier molecular flexibility index (Phi) is 9.63. The molecule has 1 saturated carbocycles. The Labute approximate surface area is 182 Å². The minimum atomic E-state index is -0.470. The van der Waals surface area contributed by atoms with Gasteiger partial charge in [-0.3, -0.25) is 4.79 Å². The fourth-order valence-corrected chi connectivity index (χ4v) is 3.69. The van der Waals surface area contributed by atoms with Crippen molar-refractivity contribution in [1.29, 1.82) is 0 Å². The molecule has 0 saturated heterocycles. The van der Waals surface area contributed by atoms with Gasteiger partial charge in [0.2, 0.25) is 0 Å². The van der Waals surface area contributed by atoms with Gasteiger partial charge in [0.25, 0.3) is 0 Å². The largest absolute Gasteiger partial charge is 0.465 e. The van der Waals surface area contributed by atoms with Crippen LogP contribution in [0.15, 0.2) is 24.3 Å². The fourth-order valence-electron chi connectivity index (χ4n) is 3.69. The van der Waals surface area contributed by atoms with Crippen molar-refractivity contribution in [2.75, 3.05) is 13.2 Å². The van der Waals surface area contributed by atoms with Crippen LogP contribution in [0.25, 0.3) is 0 Å². The SMILES string of the molecule is CCC(C)c1ccc(OC(C)OCCOC2CCCCC2C(=O)OC(C)(C)C)cc1. The third kappa shape index (κ3) is 8.27. The Hall–Kier alpha value is -1.59. The summed E-state index contributed by atoms with van der Waals surface area (Å²) in [6.07, 6.45) is 4.50. The lowest BCUT2D eigenvalue weighted by Gasteiger charge is -2.32. The Morgan fingerprint density at radius 1 is 1.07 bits per heavy atom. The molecule has 1 aliphatic rings. The normalized spacial score (nSPS) is 21.7. The van der Waals surface area contributed by atoms with Crippen LogP contribution in [-0.4, -0.2) is 37.2 Å². The van der Waals surface area contributed by atoms with E-state index in [0.29, 0.717) is 19.1 Å². The molecule has 170 valence electrons. The smallest absolute Gasteiger partial charge is 0.312 e. The quantitative estimate of drug-likeness (QED) is 0.270. The van der Waals surface area contributed by atoms with E-state index >= 15 is 0 Å². The summed E-state index contributed by atoms with van der Waals surface area (Å²) in [4.78, 5) is 12.5. The van der Waals surface area contributed by atoms with Crippen LogP contribution in [0.1, 0.15) is 85.1 Å². The lowest BCUT2D eigenvalue weighted by molar-refractivity contribution is -0.169. The number of hydrogen-bond donors (Lipinski definition) is 0. The Morgan fingerprint density at radius 2 is 1.73 bits per heavy atom. The van der Waals surface area contributed by atoms with Gasteiger partial charge in [-0.1, -0.05) is 38.8 Å². The number of ether oxygens (including phenoxy) is 4. The highest BCUT2D eigenvalue weighted by Crippen LogP contribution is 2.29. The molecule has 5 nitrogen and oxygen atoms in total. The summed E-state index contributed by atoms with van der Waals surface area (Å²) >= 11 is 0. The van der Waals surface area contributed by atoms with E-state index in [1.165, 1.54) is 5.56 Å². The van der Waals surface area contributed by atoms with Gasteiger partial charge in [0.05, 0.1) is 25.2 Å². The van der Waals surface area contributed by atoms with Crippen LogP contribution in [0.3, 0.4) is 0 Å². The van der Waals surface area contributed by atoms with E-state index in [-0.39, 0.29) is 24.3 Å². The van der Waals surface area contributed by atoms with Crippen LogP contribution >= 0.6 is 0 Å². The molecule has 30 heavy (non-hydrogen) atoms. The molecule has 5 heteroatoms. The predicted octanol–water partition coefficient (Wildman–Crippen LogP) is 5.86. The van der Waals surface area contributed by atoms with Crippen molar-refractivity contribution in [3.63, 3.8) is 0 Å².